The molecule has 5 heteroatoms. The van der Waals surface area contributed by atoms with Crippen molar-refractivity contribution < 1.29 is 23.0 Å². The fourth-order valence-electron chi connectivity index (χ4n) is 0.856. The number of alkyl halides is 3. The molecule has 1 aliphatic rings. The van der Waals surface area contributed by atoms with E-state index < -0.39 is 24.8 Å². The first kappa shape index (κ1) is 7.81. The van der Waals surface area contributed by atoms with Gasteiger partial charge in [-0.15, -0.1) is 0 Å². The topological polar surface area (TPSA) is 29.5 Å². The Labute approximate surface area is 55.6 Å². The largest absolute Gasteiger partial charge is 0.396 e. The molecule has 0 radical (unpaired) electrons. The smallest absolute Gasteiger partial charge is 0.390 e. The normalized spacial score (nSPS) is 34.8. The van der Waals surface area contributed by atoms with Crippen LogP contribution in [0.4, 0.5) is 13.2 Å². The molecule has 2 atom stereocenters. The molecule has 60 valence electrons. The van der Waals surface area contributed by atoms with E-state index in [1.165, 1.54) is 0 Å². The number of aliphatic hydroxyl groups is 1. The number of hydrogen-bond donors (Lipinski definition) is 1. The molecule has 1 fully saturated rings. The Bertz CT molecular complexity index is 123. The summed E-state index contributed by atoms with van der Waals surface area (Å²) in [5.41, 5.74) is 0. The molecule has 0 aromatic rings. The third kappa shape index (κ3) is 1.41. The van der Waals surface area contributed by atoms with Gasteiger partial charge in [-0.25, -0.2) is 0 Å². The highest BCUT2D eigenvalue weighted by atomic mass is 19.4. The van der Waals surface area contributed by atoms with Crippen molar-refractivity contribution >= 4 is 0 Å². The number of aliphatic hydroxyl groups excluding tert-OH is 1. The summed E-state index contributed by atoms with van der Waals surface area (Å²) in [6, 6.07) is 0. The summed E-state index contributed by atoms with van der Waals surface area (Å²) >= 11 is 0. The van der Waals surface area contributed by atoms with E-state index >= 15 is 0 Å². The number of halogens is 3. The minimum absolute atomic E-state index is 0.204. The van der Waals surface area contributed by atoms with E-state index in [9.17, 15) is 13.2 Å². The zero-order valence-electron chi connectivity index (χ0n) is 5.06. The van der Waals surface area contributed by atoms with Crippen LogP contribution in [0, 0.1) is 5.92 Å². The van der Waals surface area contributed by atoms with E-state index in [4.69, 9.17) is 5.11 Å². The van der Waals surface area contributed by atoms with Crippen molar-refractivity contribution in [2.45, 2.75) is 12.3 Å². The molecular formula is C5H7F3O2. The summed E-state index contributed by atoms with van der Waals surface area (Å²) < 4.78 is 39.7. The summed E-state index contributed by atoms with van der Waals surface area (Å²) in [5, 5.41) is 8.68. The molecule has 0 amide bonds. The van der Waals surface area contributed by atoms with Crippen LogP contribution in [-0.4, -0.2) is 30.6 Å². The molecule has 1 aliphatic heterocycles. The summed E-state index contributed by atoms with van der Waals surface area (Å²) in [4.78, 5) is 0. The van der Waals surface area contributed by atoms with Crippen molar-refractivity contribution in [1.29, 1.82) is 0 Å². The Morgan fingerprint density at radius 3 is 2.10 bits per heavy atom. The van der Waals surface area contributed by atoms with Gasteiger partial charge in [0, 0.05) is 0 Å². The summed E-state index contributed by atoms with van der Waals surface area (Å²) in [7, 11) is 0. The van der Waals surface area contributed by atoms with E-state index in [2.05, 4.69) is 4.74 Å². The van der Waals surface area contributed by atoms with Crippen LogP contribution in [0.25, 0.3) is 0 Å². The lowest BCUT2D eigenvalue weighted by molar-refractivity contribution is -0.190. The summed E-state index contributed by atoms with van der Waals surface area (Å²) in [6.07, 6.45) is -5.70. The standard InChI is InChI=1S/C5H7F3O2/c6-5(7,8)3-1-10-2-4(3)9/h3-4,9H,1-2H2/t3-,4-/m1/s1. The molecule has 0 unspecified atom stereocenters. The molecule has 2 nitrogen and oxygen atoms in total. The highest BCUT2D eigenvalue weighted by Gasteiger charge is 2.47. The molecule has 1 N–H and O–H groups in total. The average molecular weight is 156 g/mol. The maximum absolute atomic E-state index is 11.8. The van der Waals surface area contributed by atoms with Gasteiger partial charge in [0.15, 0.2) is 0 Å². The minimum atomic E-state index is -4.32. The van der Waals surface area contributed by atoms with Crippen molar-refractivity contribution in [1.82, 2.24) is 0 Å². The maximum Gasteiger partial charge on any atom is 0.396 e. The molecule has 0 saturated carbocycles. The Kier molecular flexibility index (Phi) is 1.87. The molecule has 1 saturated heterocycles. The zero-order valence-corrected chi connectivity index (χ0v) is 5.06. The zero-order chi connectivity index (χ0) is 7.78. The monoisotopic (exact) mass is 156 g/mol. The molecule has 10 heavy (non-hydrogen) atoms. The van der Waals surface area contributed by atoms with Gasteiger partial charge in [0.25, 0.3) is 0 Å². The molecule has 0 bridgehead atoms. The van der Waals surface area contributed by atoms with E-state index in [-0.39, 0.29) is 6.61 Å². The van der Waals surface area contributed by atoms with Crippen molar-refractivity contribution in [2.75, 3.05) is 13.2 Å². The number of hydrogen-bond acceptors (Lipinski definition) is 2. The van der Waals surface area contributed by atoms with Crippen molar-refractivity contribution in [3.8, 4) is 0 Å². The Hall–Kier alpha value is -0.290. The van der Waals surface area contributed by atoms with E-state index in [0.717, 1.165) is 0 Å². The molecule has 0 aliphatic carbocycles. The third-order valence-corrected chi connectivity index (χ3v) is 1.47. The lowest BCUT2D eigenvalue weighted by Gasteiger charge is -2.15. The van der Waals surface area contributed by atoms with Gasteiger partial charge in [0.2, 0.25) is 0 Å². The minimum Gasteiger partial charge on any atom is -0.390 e. The van der Waals surface area contributed by atoms with Gasteiger partial charge in [-0.1, -0.05) is 0 Å². The second kappa shape index (κ2) is 2.39. The Morgan fingerprint density at radius 2 is 1.90 bits per heavy atom. The first-order valence-corrected chi connectivity index (χ1v) is 2.84. The lowest BCUT2D eigenvalue weighted by Crippen LogP contribution is -2.32. The van der Waals surface area contributed by atoms with Gasteiger partial charge in [-0.05, 0) is 0 Å². The predicted octanol–water partition coefficient (Wildman–Crippen LogP) is 0.556. The van der Waals surface area contributed by atoms with Crippen LogP contribution in [0.15, 0.2) is 0 Å². The average Bonchev–Trinajstić information content (AvgIpc) is 2.11. The van der Waals surface area contributed by atoms with Crippen molar-refractivity contribution in [3.63, 3.8) is 0 Å². The van der Waals surface area contributed by atoms with Gasteiger partial charge in [0.05, 0.1) is 19.3 Å². The van der Waals surface area contributed by atoms with Gasteiger partial charge < -0.3 is 9.84 Å². The Morgan fingerprint density at radius 1 is 1.30 bits per heavy atom. The maximum atomic E-state index is 11.8. The van der Waals surface area contributed by atoms with Crippen LogP contribution < -0.4 is 0 Å². The summed E-state index contributed by atoms with van der Waals surface area (Å²) in [5.74, 6) is -1.69. The van der Waals surface area contributed by atoms with Crippen LogP contribution in [0.2, 0.25) is 0 Å². The van der Waals surface area contributed by atoms with Crippen LogP contribution in [-0.2, 0) is 4.74 Å². The molecule has 0 aromatic carbocycles. The molecule has 1 heterocycles. The molecule has 0 spiro atoms. The van der Waals surface area contributed by atoms with Crippen LogP contribution in [0.5, 0.6) is 0 Å². The van der Waals surface area contributed by atoms with Gasteiger partial charge in [-0.2, -0.15) is 13.2 Å². The van der Waals surface area contributed by atoms with Gasteiger partial charge in [0.1, 0.15) is 5.92 Å². The van der Waals surface area contributed by atoms with Gasteiger partial charge in [-0.3, -0.25) is 0 Å². The fraction of sp³-hybridized carbons (Fsp3) is 1.00. The van der Waals surface area contributed by atoms with Gasteiger partial charge >= 0.3 is 6.18 Å². The van der Waals surface area contributed by atoms with E-state index in [0.29, 0.717) is 0 Å². The number of rotatable bonds is 0. The number of ether oxygens (including phenoxy) is 1. The van der Waals surface area contributed by atoms with Crippen molar-refractivity contribution in [3.05, 3.63) is 0 Å². The van der Waals surface area contributed by atoms with Crippen LogP contribution in [0.1, 0.15) is 0 Å². The second-order valence-corrected chi connectivity index (χ2v) is 2.25. The van der Waals surface area contributed by atoms with E-state index in [1.54, 1.807) is 0 Å². The fourth-order valence-corrected chi connectivity index (χ4v) is 0.856. The SMILES string of the molecule is O[C@@H]1COC[C@H]1C(F)(F)F. The van der Waals surface area contributed by atoms with Crippen molar-refractivity contribution in [2.24, 2.45) is 5.92 Å². The van der Waals surface area contributed by atoms with E-state index in [1.807, 2.05) is 0 Å². The first-order chi connectivity index (χ1) is 4.52. The quantitative estimate of drug-likeness (QED) is 0.555. The highest BCUT2D eigenvalue weighted by Crippen LogP contribution is 2.32. The third-order valence-electron chi connectivity index (χ3n) is 1.47. The van der Waals surface area contributed by atoms with Crippen LogP contribution >= 0.6 is 0 Å². The molecular weight excluding hydrogens is 149 g/mol. The summed E-state index contributed by atoms with van der Waals surface area (Å²) in [6.45, 7) is -0.616. The lowest BCUT2D eigenvalue weighted by atomic mass is 10.1. The van der Waals surface area contributed by atoms with Crippen LogP contribution in [0.3, 0.4) is 0 Å². The second-order valence-electron chi connectivity index (χ2n) is 2.25. The molecule has 1 rings (SSSR count). The predicted molar refractivity (Wildman–Crippen MR) is 26.4 cm³/mol. The first-order valence-electron chi connectivity index (χ1n) is 2.84. The molecule has 0 aromatic heterocycles. The highest BCUT2D eigenvalue weighted by molar-refractivity contribution is 4.79. The Balaban J connectivity index is 2.55.